The van der Waals surface area contributed by atoms with E-state index in [1.165, 1.54) is 0 Å². The van der Waals surface area contributed by atoms with Crippen LogP contribution in [0.3, 0.4) is 0 Å². The van der Waals surface area contributed by atoms with Gasteiger partial charge in [0, 0.05) is 18.5 Å². The summed E-state index contributed by atoms with van der Waals surface area (Å²) in [5, 5.41) is 3.17. The van der Waals surface area contributed by atoms with Gasteiger partial charge < -0.3 is 23.8 Å². The lowest BCUT2D eigenvalue weighted by Crippen LogP contribution is -2.43. The van der Waals surface area contributed by atoms with Gasteiger partial charge in [-0.1, -0.05) is 6.92 Å². The third-order valence-electron chi connectivity index (χ3n) is 4.87. The Bertz CT molecular complexity index is 694. The highest BCUT2D eigenvalue weighted by molar-refractivity contribution is 5.98. The van der Waals surface area contributed by atoms with Crippen LogP contribution in [0.4, 0.5) is 0 Å². The minimum absolute atomic E-state index is 0.0154. The second kappa shape index (κ2) is 5.34. The average molecular weight is 332 g/mol. The van der Waals surface area contributed by atoms with Crippen LogP contribution in [-0.4, -0.2) is 42.8 Å². The topological polar surface area (TPSA) is 72.6 Å². The number of ether oxygens (including phenoxy) is 4. The van der Waals surface area contributed by atoms with Gasteiger partial charge in [0.05, 0.1) is 12.2 Å². The zero-order chi connectivity index (χ0) is 16.3. The molecular formula is C17H20N2O5. The summed E-state index contributed by atoms with van der Waals surface area (Å²) in [7, 11) is 0. The van der Waals surface area contributed by atoms with Gasteiger partial charge in [-0.05, 0) is 25.0 Å². The Morgan fingerprint density at radius 3 is 3.12 bits per heavy atom. The molecule has 2 fully saturated rings. The number of benzene rings is 1. The molecule has 7 heteroatoms. The first-order valence-electron chi connectivity index (χ1n) is 8.60. The number of carbonyl (C=O) groups is 1. The van der Waals surface area contributed by atoms with Crippen LogP contribution in [-0.2, 0) is 9.47 Å². The van der Waals surface area contributed by atoms with Crippen molar-refractivity contribution < 1.29 is 23.7 Å². The van der Waals surface area contributed by atoms with Crippen molar-refractivity contribution >= 4 is 5.91 Å². The van der Waals surface area contributed by atoms with Crippen LogP contribution in [0.1, 0.15) is 48.2 Å². The number of epoxide rings is 1. The van der Waals surface area contributed by atoms with Crippen LogP contribution < -0.4 is 14.8 Å². The Kier molecular flexibility index (Phi) is 3.23. The molecule has 1 aromatic carbocycles. The first-order valence-corrected chi connectivity index (χ1v) is 8.60. The van der Waals surface area contributed by atoms with Crippen molar-refractivity contribution in [2.75, 3.05) is 13.2 Å². The van der Waals surface area contributed by atoms with Gasteiger partial charge in [0.25, 0.3) is 12.3 Å². The maximum atomic E-state index is 12.7. The maximum absolute atomic E-state index is 12.7. The third-order valence-corrected chi connectivity index (χ3v) is 4.87. The van der Waals surface area contributed by atoms with Crippen molar-refractivity contribution in [1.29, 1.82) is 0 Å². The van der Waals surface area contributed by atoms with Crippen LogP contribution in [0.2, 0.25) is 0 Å². The number of amides is 1. The summed E-state index contributed by atoms with van der Waals surface area (Å²) in [6.45, 7) is 3.38. The normalized spacial score (nSPS) is 32.7. The van der Waals surface area contributed by atoms with Crippen LogP contribution >= 0.6 is 0 Å². The first-order chi connectivity index (χ1) is 11.7. The van der Waals surface area contributed by atoms with E-state index in [1.54, 1.807) is 11.0 Å². The smallest absolute Gasteiger partial charge is 0.261 e. The van der Waals surface area contributed by atoms with E-state index >= 15 is 0 Å². The summed E-state index contributed by atoms with van der Waals surface area (Å²) in [5.74, 6) is 1.27. The Morgan fingerprint density at radius 1 is 1.33 bits per heavy atom. The molecule has 4 aliphatic rings. The molecule has 0 saturated carbocycles. The standard InChI is InChI=1S/C17H20N2O5/c1-2-6-21-17-18-15-14(24-15)9-7-12-10(8-11(9)23-17)16(20)19-5-3-4-13(19)22-12/h7-8,13-15,17-18H,2-6H2,1H3. The lowest BCUT2D eigenvalue weighted by molar-refractivity contribution is -0.107. The van der Waals surface area contributed by atoms with E-state index in [9.17, 15) is 4.79 Å². The van der Waals surface area contributed by atoms with Gasteiger partial charge in [-0.2, -0.15) is 0 Å². The van der Waals surface area contributed by atoms with Gasteiger partial charge in [-0.15, -0.1) is 0 Å². The number of hydrogen-bond acceptors (Lipinski definition) is 6. The predicted octanol–water partition coefficient (Wildman–Crippen LogP) is 1.73. The average Bonchev–Trinajstić information content (AvgIpc) is 3.20. The maximum Gasteiger partial charge on any atom is 0.261 e. The zero-order valence-corrected chi connectivity index (χ0v) is 13.5. The molecule has 1 N–H and O–H groups in total. The molecule has 1 amide bonds. The summed E-state index contributed by atoms with van der Waals surface area (Å²) in [5.41, 5.74) is 1.47. The van der Waals surface area contributed by atoms with Gasteiger partial charge in [-0.3, -0.25) is 4.79 Å². The monoisotopic (exact) mass is 332 g/mol. The molecule has 0 aromatic heterocycles. The molecule has 0 radical (unpaired) electrons. The van der Waals surface area contributed by atoms with E-state index in [1.807, 2.05) is 13.0 Å². The number of nitrogens with one attached hydrogen (secondary N) is 1. The molecule has 4 heterocycles. The molecule has 128 valence electrons. The largest absolute Gasteiger partial charge is 0.470 e. The van der Waals surface area contributed by atoms with Gasteiger partial charge in [0.15, 0.2) is 6.23 Å². The van der Waals surface area contributed by atoms with E-state index in [4.69, 9.17) is 18.9 Å². The molecule has 0 bridgehead atoms. The van der Waals surface area contributed by atoms with Crippen molar-refractivity contribution in [3.05, 3.63) is 23.3 Å². The van der Waals surface area contributed by atoms with Crippen LogP contribution in [0.25, 0.3) is 0 Å². The fraction of sp³-hybridized carbons (Fsp3) is 0.588. The number of hydrogen-bond donors (Lipinski definition) is 1. The van der Waals surface area contributed by atoms with Gasteiger partial charge >= 0.3 is 0 Å². The van der Waals surface area contributed by atoms with Crippen molar-refractivity contribution in [2.24, 2.45) is 0 Å². The fourth-order valence-electron chi connectivity index (χ4n) is 3.62. The first kappa shape index (κ1) is 14.5. The molecule has 0 aliphatic carbocycles. The number of carbonyl (C=O) groups excluding carboxylic acids is 1. The Morgan fingerprint density at radius 2 is 2.25 bits per heavy atom. The summed E-state index contributed by atoms with van der Waals surface area (Å²) in [4.78, 5) is 14.5. The van der Waals surface area contributed by atoms with Crippen molar-refractivity contribution in [3.63, 3.8) is 0 Å². The van der Waals surface area contributed by atoms with E-state index in [0.29, 0.717) is 23.7 Å². The highest BCUT2D eigenvalue weighted by Gasteiger charge is 2.48. The molecule has 4 unspecified atom stereocenters. The highest BCUT2D eigenvalue weighted by atomic mass is 16.7. The van der Waals surface area contributed by atoms with Crippen LogP contribution in [0.5, 0.6) is 11.5 Å². The minimum Gasteiger partial charge on any atom is -0.470 e. The molecule has 0 spiro atoms. The van der Waals surface area contributed by atoms with Crippen LogP contribution in [0.15, 0.2) is 12.1 Å². The predicted molar refractivity (Wildman–Crippen MR) is 82.5 cm³/mol. The molecule has 5 rings (SSSR count). The zero-order valence-electron chi connectivity index (χ0n) is 13.5. The van der Waals surface area contributed by atoms with Gasteiger partial charge in [0.2, 0.25) is 0 Å². The van der Waals surface area contributed by atoms with E-state index < -0.39 is 6.41 Å². The molecule has 7 nitrogen and oxygen atoms in total. The van der Waals surface area contributed by atoms with E-state index in [0.717, 1.165) is 31.4 Å². The third kappa shape index (κ3) is 2.19. The number of rotatable bonds is 3. The minimum atomic E-state index is -0.571. The molecular weight excluding hydrogens is 312 g/mol. The summed E-state index contributed by atoms with van der Waals surface area (Å²) in [6, 6.07) is 3.67. The second-order valence-corrected chi connectivity index (χ2v) is 6.56. The molecule has 4 atom stereocenters. The fourth-order valence-corrected chi connectivity index (χ4v) is 3.62. The Hall–Kier alpha value is -1.83. The molecule has 2 saturated heterocycles. The van der Waals surface area contributed by atoms with Crippen LogP contribution in [0, 0.1) is 0 Å². The number of fused-ring (bicyclic) bond motifs is 5. The van der Waals surface area contributed by atoms with Gasteiger partial charge in [-0.25, -0.2) is 5.32 Å². The van der Waals surface area contributed by atoms with E-state index in [-0.39, 0.29) is 24.5 Å². The molecule has 4 aliphatic heterocycles. The quantitative estimate of drug-likeness (QED) is 0.850. The molecule has 1 aromatic rings. The highest BCUT2D eigenvalue weighted by Crippen LogP contribution is 2.47. The van der Waals surface area contributed by atoms with Crippen molar-refractivity contribution in [2.45, 2.75) is 51.2 Å². The molecule has 24 heavy (non-hydrogen) atoms. The summed E-state index contributed by atoms with van der Waals surface area (Å²) in [6.07, 6.45) is 1.86. The number of nitrogens with zero attached hydrogens (tertiary/aromatic N) is 1. The lowest BCUT2D eigenvalue weighted by atomic mass is 10.0. The van der Waals surface area contributed by atoms with Crippen molar-refractivity contribution in [3.8, 4) is 11.5 Å². The summed E-state index contributed by atoms with van der Waals surface area (Å²) >= 11 is 0. The van der Waals surface area contributed by atoms with Crippen molar-refractivity contribution in [1.82, 2.24) is 10.2 Å². The van der Waals surface area contributed by atoms with E-state index in [2.05, 4.69) is 5.32 Å². The Labute approximate surface area is 139 Å². The van der Waals surface area contributed by atoms with Gasteiger partial charge in [0.1, 0.15) is 23.8 Å². The lowest BCUT2D eigenvalue weighted by Gasteiger charge is -2.32. The Balaban J connectivity index is 1.50. The SMILES string of the molecule is CCCOC1NC2OC2c2cc3c(cc2O1)C(=O)N1CCCC1O3. The second-order valence-electron chi connectivity index (χ2n) is 6.56. The summed E-state index contributed by atoms with van der Waals surface area (Å²) < 4.78 is 23.3.